The zero-order valence-electron chi connectivity index (χ0n) is 12.1. The molecular weight excluding hydrogens is 316 g/mol. The average molecular weight is 332 g/mol. The molecule has 1 aromatic rings. The molecule has 23 heavy (non-hydrogen) atoms. The summed E-state index contributed by atoms with van der Waals surface area (Å²) in [6.07, 6.45) is -4.85. The quantitative estimate of drug-likeness (QED) is 0.832. The molecule has 0 bridgehead atoms. The second kappa shape index (κ2) is 6.97. The molecule has 1 atom stereocenters. The van der Waals surface area contributed by atoms with Crippen LogP contribution in [0.2, 0.25) is 0 Å². The predicted octanol–water partition coefficient (Wildman–Crippen LogP) is 3.20. The van der Waals surface area contributed by atoms with E-state index in [9.17, 15) is 27.2 Å². The number of hydrogen-bond donors (Lipinski definition) is 2. The van der Waals surface area contributed by atoms with Crippen molar-refractivity contribution in [2.45, 2.75) is 44.1 Å². The van der Waals surface area contributed by atoms with Crippen LogP contribution in [-0.2, 0) is 4.79 Å². The molecule has 126 valence electrons. The summed E-state index contributed by atoms with van der Waals surface area (Å²) in [6.45, 7) is 0. The van der Waals surface area contributed by atoms with E-state index in [-0.39, 0.29) is 17.6 Å². The van der Waals surface area contributed by atoms with Crippen molar-refractivity contribution in [1.29, 1.82) is 0 Å². The van der Waals surface area contributed by atoms with E-state index in [1.54, 1.807) is 0 Å². The van der Waals surface area contributed by atoms with Crippen LogP contribution in [0.5, 0.6) is 0 Å². The number of nitrogens with one attached hydrogen (secondary N) is 2. The Morgan fingerprint density at radius 1 is 1.09 bits per heavy atom. The summed E-state index contributed by atoms with van der Waals surface area (Å²) in [6, 6.07) is 5.37. The summed E-state index contributed by atoms with van der Waals surface area (Å²) in [5.74, 6) is -2.07. The molecule has 0 aromatic heterocycles. The summed E-state index contributed by atoms with van der Waals surface area (Å²) in [7, 11) is 0. The van der Waals surface area contributed by atoms with Crippen molar-refractivity contribution < 1.29 is 27.2 Å². The maximum Gasteiger partial charge on any atom is 0.428 e. The Kier molecular flexibility index (Phi) is 5.23. The van der Waals surface area contributed by atoms with Crippen molar-refractivity contribution in [3.05, 3.63) is 29.8 Å². The Morgan fingerprint density at radius 3 is 2.17 bits per heavy atom. The molecule has 2 amide bonds. The van der Waals surface area contributed by atoms with Gasteiger partial charge in [-0.05, 0) is 37.1 Å². The largest absolute Gasteiger partial charge is 0.428 e. The molecule has 1 fully saturated rings. The standard InChI is InChI=1S/C15H16F4N2O2/c16-12(15(17,18)19)14(23)21-11-7-5-9(6-8-11)13(22)20-10-3-1-2-4-10/h5-8,10,12H,1-4H2,(H,20,22)(H,21,23). The summed E-state index contributed by atoms with van der Waals surface area (Å²) in [5.41, 5.74) is 0.307. The van der Waals surface area contributed by atoms with E-state index in [0.717, 1.165) is 25.7 Å². The maximum atomic E-state index is 12.8. The van der Waals surface area contributed by atoms with Crippen LogP contribution in [-0.4, -0.2) is 30.2 Å². The summed E-state index contributed by atoms with van der Waals surface area (Å²) < 4.78 is 49.1. The summed E-state index contributed by atoms with van der Waals surface area (Å²) in [5, 5.41) is 4.68. The number of benzene rings is 1. The second-order valence-electron chi connectivity index (χ2n) is 5.43. The lowest BCUT2D eigenvalue weighted by Gasteiger charge is -2.13. The average Bonchev–Trinajstić information content (AvgIpc) is 2.99. The SMILES string of the molecule is O=C(NC1CCCC1)c1ccc(NC(=O)C(F)C(F)(F)F)cc1. The van der Waals surface area contributed by atoms with Gasteiger partial charge in [0.05, 0.1) is 0 Å². The van der Waals surface area contributed by atoms with Crippen LogP contribution in [0.1, 0.15) is 36.0 Å². The number of hydrogen-bond acceptors (Lipinski definition) is 2. The number of amides is 2. The van der Waals surface area contributed by atoms with Gasteiger partial charge in [0.15, 0.2) is 0 Å². The number of alkyl halides is 4. The third kappa shape index (κ3) is 4.67. The van der Waals surface area contributed by atoms with Crippen molar-refractivity contribution in [3.63, 3.8) is 0 Å². The fraction of sp³-hybridized carbons (Fsp3) is 0.467. The van der Waals surface area contributed by atoms with E-state index < -0.39 is 18.3 Å². The molecule has 0 spiro atoms. The second-order valence-corrected chi connectivity index (χ2v) is 5.43. The topological polar surface area (TPSA) is 58.2 Å². The summed E-state index contributed by atoms with van der Waals surface area (Å²) >= 11 is 0. The Balaban J connectivity index is 1.93. The highest BCUT2D eigenvalue weighted by molar-refractivity contribution is 5.97. The van der Waals surface area contributed by atoms with Crippen LogP contribution < -0.4 is 10.6 Å². The first kappa shape index (κ1) is 17.2. The van der Waals surface area contributed by atoms with Crippen LogP contribution in [0.3, 0.4) is 0 Å². The number of rotatable bonds is 4. The van der Waals surface area contributed by atoms with E-state index >= 15 is 0 Å². The van der Waals surface area contributed by atoms with Gasteiger partial charge in [0, 0.05) is 17.3 Å². The molecule has 1 aliphatic rings. The van der Waals surface area contributed by atoms with Crippen molar-refractivity contribution in [2.75, 3.05) is 5.32 Å². The third-order valence-corrected chi connectivity index (χ3v) is 3.62. The molecular formula is C15H16F4N2O2. The van der Waals surface area contributed by atoms with Gasteiger partial charge in [0.2, 0.25) is 0 Å². The molecule has 2 N–H and O–H groups in total. The molecule has 0 saturated heterocycles. The van der Waals surface area contributed by atoms with E-state index in [4.69, 9.17) is 0 Å². The first-order valence-electron chi connectivity index (χ1n) is 7.20. The molecule has 1 saturated carbocycles. The Hall–Kier alpha value is -2.12. The minimum absolute atomic E-state index is 0.0145. The molecule has 1 aliphatic carbocycles. The number of halogens is 4. The van der Waals surface area contributed by atoms with Gasteiger partial charge in [-0.3, -0.25) is 9.59 Å². The maximum absolute atomic E-state index is 12.8. The van der Waals surface area contributed by atoms with Crippen LogP contribution >= 0.6 is 0 Å². The highest BCUT2D eigenvalue weighted by Crippen LogP contribution is 2.24. The lowest BCUT2D eigenvalue weighted by molar-refractivity contribution is -0.183. The predicted molar refractivity (Wildman–Crippen MR) is 75.7 cm³/mol. The van der Waals surface area contributed by atoms with Crippen LogP contribution in [0.25, 0.3) is 0 Å². The molecule has 0 radical (unpaired) electrons. The van der Waals surface area contributed by atoms with Crippen molar-refractivity contribution in [2.24, 2.45) is 0 Å². The first-order chi connectivity index (χ1) is 10.8. The van der Waals surface area contributed by atoms with Gasteiger partial charge in [0.25, 0.3) is 18.0 Å². The molecule has 1 unspecified atom stereocenters. The molecule has 4 nitrogen and oxygen atoms in total. The van der Waals surface area contributed by atoms with Gasteiger partial charge < -0.3 is 10.6 Å². The fourth-order valence-electron chi connectivity index (χ4n) is 2.40. The van der Waals surface area contributed by atoms with Gasteiger partial charge in [-0.25, -0.2) is 4.39 Å². The monoisotopic (exact) mass is 332 g/mol. The van der Waals surface area contributed by atoms with Crippen molar-refractivity contribution in [3.8, 4) is 0 Å². The molecule has 1 aromatic carbocycles. The third-order valence-electron chi connectivity index (χ3n) is 3.62. The van der Waals surface area contributed by atoms with Crippen LogP contribution in [0.4, 0.5) is 23.2 Å². The van der Waals surface area contributed by atoms with E-state index in [1.807, 2.05) is 5.32 Å². The lowest BCUT2D eigenvalue weighted by Crippen LogP contribution is -2.36. The zero-order chi connectivity index (χ0) is 17.0. The molecule has 2 rings (SSSR count). The van der Waals surface area contributed by atoms with E-state index in [0.29, 0.717) is 5.56 Å². The first-order valence-corrected chi connectivity index (χ1v) is 7.20. The number of carbonyl (C=O) groups is 2. The minimum Gasteiger partial charge on any atom is -0.349 e. The highest BCUT2D eigenvalue weighted by atomic mass is 19.4. The Labute approximate surface area is 130 Å². The van der Waals surface area contributed by atoms with Gasteiger partial charge in [-0.1, -0.05) is 12.8 Å². The van der Waals surface area contributed by atoms with E-state index in [2.05, 4.69) is 5.32 Å². The van der Waals surface area contributed by atoms with Crippen LogP contribution in [0, 0.1) is 0 Å². The Bertz CT molecular complexity index is 566. The van der Waals surface area contributed by atoms with Gasteiger partial charge in [-0.15, -0.1) is 0 Å². The van der Waals surface area contributed by atoms with Gasteiger partial charge >= 0.3 is 6.18 Å². The highest BCUT2D eigenvalue weighted by Gasteiger charge is 2.45. The molecule has 0 aliphatic heterocycles. The zero-order valence-corrected chi connectivity index (χ0v) is 12.1. The van der Waals surface area contributed by atoms with Gasteiger partial charge in [-0.2, -0.15) is 13.2 Å². The Morgan fingerprint density at radius 2 is 1.65 bits per heavy atom. The smallest absolute Gasteiger partial charge is 0.349 e. The fourth-order valence-corrected chi connectivity index (χ4v) is 2.40. The van der Waals surface area contributed by atoms with Crippen molar-refractivity contribution in [1.82, 2.24) is 5.32 Å². The molecule has 8 heteroatoms. The van der Waals surface area contributed by atoms with Crippen molar-refractivity contribution >= 4 is 17.5 Å². The van der Waals surface area contributed by atoms with Gasteiger partial charge in [0.1, 0.15) is 0 Å². The lowest BCUT2D eigenvalue weighted by atomic mass is 10.1. The molecule has 0 heterocycles. The van der Waals surface area contributed by atoms with Crippen LogP contribution in [0.15, 0.2) is 24.3 Å². The summed E-state index contributed by atoms with van der Waals surface area (Å²) in [4.78, 5) is 23.1. The van der Waals surface area contributed by atoms with E-state index in [1.165, 1.54) is 24.3 Å². The number of anilines is 1. The minimum atomic E-state index is -5.24. The normalized spacial score (nSPS) is 16.9. The number of carbonyl (C=O) groups excluding carboxylic acids is 2.